The number of anilines is 1. The number of hydrogen-bond donors (Lipinski definition) is 0. The second-order valence-electron chi connectivity index (χ2n) is 6.02. The summed E-state index contributed by atoms with van der Waals surface area (Å²) in [4.78, 5) is 31.0. The minimum atomic E-state index is -0.597. The molecule has 0 aliphatic carbocycles. The van der Waals surface area contributed by atoms with E-state index in [0.29, 0.717) is 35.5 Å². The zero-order chi connectivity index (χ0) is 21.5. The van der Waals surface area contributed by atoms with Gasteiger partial charge in [0, 0.05) is 6.08 Å². The number of rotatable bonds is 7. The Morgan fingerprint density at radius 2 is 1.57 bits per heavy atom. The van der Waals surface area contributed by atoms with Gasteiger partial charge in [-0.25, -0.2) is 9.79 Å². The van der Waals surface area contributed by atoms with Gasteiger partial charge in [-0.2, -0.15) is 0 Å². The van der Waals surface area contributed by atoms with Crippen molar-refractivity contribution in [1.29, 1.82) is 0 Å². The molecule has 1 fully saturated rings. The summed E-state index contributed by atoms with van der Waals surface area (Å²) >= 11 is 1.11. The highest BCUT2D eigenvalue weighted by Gasteiger charge is 2.35. The van der Waals surface area contributed by atoms with E-state index >= 15 is 0 Å². The van der Waals surface area contributed by atoms with Crippen LogP contribution in [-0.2, 0) is 14.3 Å². The topological polar surface area (TPSA) is 77.4 Å². The van der Waals surface area contributed by atoms with Crippen LogP contribution in [0.25, 0.3) is 0 Å². The van der Waals surface area contributed by atoms with Gasteiger partial charge in [0.1, 0.15) is 11.5 Å². The number of esters is 1. The molecule has 0 spiro atoms. The maximum Gasteiger partial charge on any atom is 0.331 e. The monoisotopic (exact) mass is 426 g/mol. The minimum Gasteiger partial charge on any atom is -0.494 e. The predicted octanol–water partition coefficient (Wildman–Crippen LogP) is 4.31. The van der Waals surface area contributed by atoms with E-state index < -0.39 is 5.97 Å². The lowest BCUT2D eigenvalue weighted by Crippen LogP contribution is -2.28. The quantitative estimate of drug-likeness (QED) is 0.485. The summed E-state index contributed by atoms with van der Waals surface area (Å²) in [5.41, 5.74) is 1.28. The Balaban J connectivity index is 1.97. The molecule has 8 heteroatoms. The van der Waals surface area contributed by atoms with Gasteiger partial charge in [-0.3, -0.25) is 9.69 Å². The average Bonchev–Trinajstić information content (AvgIpc) is 3.05. The molecule has 1 aliphatic heterocycles. The summed E-state index contributed by atoms with van der Waals surface area (Å²) in [5, 5.41) is 0.434. The maximum atomic E-state index is 13.0. The van der Waals surface area contributed by atoms with Gasteiger partial charge in [0.05, 0.1) is 36.6 Å². The first-order chi connectivity index (χ1) is 14.5. The average molecular weight is 426 g/mol. The number of amidine groups is 1. The van der Waals surface area contributed by atoms with Gasteiger partial charge in [0.15, 0.2) is 5.17 Å². The van der Waals surface area contributed by atoms with Gasteiger partial charge in [-0.15, -0.1) is 0 Å². The van der Waals surface area contributed by atoms with Crippen molar-refractivity contribution in [2.75, 3.05) is 25.2 Å². The molecule has 0 radical (unpaired) electrons. The zero-order valence-electron chi connectivity index (χ0n) is 17.0. The van der Waals surface area contributed by atoms with E-state index in [-0.39, 0.29) is 10.8 Å². The lowest BCUT2D eigenvalue weighted by Gasteiger charge is -2.16. The Hall–Kier alpha value is -3.26. The van der Waals surface area contributed by atoms with Crippen LogP contribution in [0.2, 0.25) is 0 Å². The fourth-order valence-electron chi connectivity index (χ4n) is 2.69. The van der Waals surface area contributed by atoms with E-state index in [0.717, 1.165) is 17.5 Å². The Bertz CT molecular complexity index is 968. The largest absolute Gasteiger partial charge is 0.494 e. The van der Waals surface area contributed by atoms with Crippen LogP contribution in [0.1, 0.15) is 13.8 Å². The molecule has 0 bridgehead atoms. The number of hydrogen-bond acceptors (Lipinski definition) is 7. The molecule has 7 nitrogen and oxygen atoms in total. The van der Waals surface area contributed by atoms with Gasteiger partial charge in [-0.1, -0.05) is 0 Å². The molecule has 1 saturated heterocycles. The second kappa shape index (κ2) is 9.98. The molecule has 1 aliphatic rings. The summed E-state index contributed by atoms with van der Waals surface area (Å²) in [7, 11) is 1.27. The van der Waals surface area contributed by atoms with Gasteiger partial charge >= 0.3 is 5.97 Å². The maximum absolute atomic E-state index is 13.0. The molecule has 0 aromatic heterocycles. The first-order valence-corrected chi connectivity index (χ1v) is 10.2. The summed E-state index contributed by atoms with van der Waals surface area (Å²) in [5.74, 6) is 0.501. The number of nitrogens with zero attached hydrogens (tertiary/aromatic N) is 2. The van der Waals surface area contributed by atoms with Gasteiger partial charge in [0.25, 0.3) is 5.91 Å². The van der Waals surface area contributed by atoms with E-state index in [1.165, 1.54) is 18.1 Å². The number of carbonyl (C=O) groups excluding carboxylic acids is 2. The molecular formula is C22H22N2O5S. The van der Waals surface area contributed by atoms with Crippen LogP contribution in [-0.4, -0.2) is 37.4 Å². The molecule has 0 unspecified atom stereocenters. The summed E-state index contributed by atoms with van der Waals surface area (Å²) in [6.45, 7) is 4.94. The van der Waals surface area contributed by atoms with Crippen molar-refractivity contribution in [3.8, 4) is 11.5 Å². The van der Waals surface area contributed by atoms with Crippen molar-refractivity contribution in [2.24, 2.45) is 4.99 Å². The molecule has 2 aromatic rings. The lowest BCUT2D eigenvalue weighted by molar-refractivity contribution is -0.135. The zero-order valence-corrected chi connectivity index (χ0v) is 17.8. The third-order valence-electron chi connectivity index (χ3n) is 4.03. The third kappa shape index (κ3) is 5.01. The molecular weight excluding hydrogens is 404 g/mol. The molecule has 0 saturated carbocycles. The van der Waals surface area contributed by atoms with E-state index in [9.17, 15) is 9.59 Å². The number of benzene rings is 2. The van der Waals surface area contributed by atoms with Gasteiger partial charge in [-0.05, 0) is 74.1 Å². The molecule has 3 rings (SSSR count). The van der Waals surface area contributed by atoms with Crippen molar-refractivity contribution in [1.82, 2.24) is 0 Å². The Labute approximate surface area is 179 Å². The number of ether oxygens (including phenoxy) is 3. The second-order valence-corrected chi connectivity index (χ2v) is 7.03. The molecule has 1 heterocycles. The van der Waals surface area contributed by atoms with Crippen LogP contribution in [0.5, 0.6) is 11.5 Å². The molecule has 0 N–H and O–H groups in total. The SMILES string of the molecule is CCOc1ccc(N=C2SC(=CC(=O)OC)C(=O)N2c2ccc(OCC)cc2)cc1. The highest BCUT2D eigenvalue weighted by molar-refractivity contribution is 8.19. The molecule has 0 atom stereocenters. The number of carbonyl (C=O) groups is 2. The van der Waals surface area contributed by atoms with E-state index in [4.69, 9.17) is 9.47 Å². The van der Waals surface area contributed by atoms with Crippen molar-refractivity contribution < 1.29 is 23.8 Å². The fraction of sp³-hybridized carbons (Fsp3) is 0.227. The highest BCUT2D eigenvalue weighted by Crippen LogP contribution is 2.37. The Morgan fingerprint density at radius 1 is 1.00 bits per heavy atom. The van der Waals surface area contributed by atoms with E-state index in [1.54, 1.807) is 36.4 Å². The van der Waals surface area contributed by atoms with Crippen LogP contribution in [0, 0.1) is 0 Å². The summed E-state index contributed by atoms with van der Waals surface area (Å²) in [6, 6.07) is 14.4. The van der Waals surface area contributed by atoms with E-state index in [1.807, 2.05) is 26.0 Å². The minimum absolute atomic E-state index is 0.237. The number of aliphatic imine (C=N–C) groups is 1. The smallest absolute Gasteiger partial charge is 0.331 e. The molecule has 2 aromatic carbocycles. The highest BCUT2D eigenvalue weighted by atomic mass is 32.2. The van der Waals surface area contributed by atoms with Crippen molar-refractivity contribution in [3.63, 3.8) is 0 Å². The van der Waals surface area contributed by atoms with Crippen molar-refractivity contribution in [2.45, 2.75) is 13.8 Å². The lowest BCUT2D eigenvalue weighted by atomic mass is 10.2. The third-order valence-corrected chi connectivity index (χ3v) is 5.00. The van der Waals surface area contributed by atoms with Crippen LogP contribution in [0.3, 0.4) is 0 Å². The van der Waals surface area contributed by atoms with Gasteiger partial charge < -0.3 is 14.2 Å². The van der Waals surface area contributed by atoms with Crippen LogP contribution >= 0.6 is 11.8 Å². The number of thioether (sulfide) groups is 1. The number of amides is 1. The van der Waals surface area contributed by atoms with Crippen LogP contribution < -0.4 is 14.4 Å². The first-order valence-electron chi connectivity index (χ1n) is 9.42. The van der Waals surface area contributed by atoms with Gasteiger partial charge in [0.2, 0.25) is 0 Å². The molecule has 30 heavy (non-hydrogen) atoms. The van der Waals surface area contributed by atoms with Crippen molar-refractivity contribution >= 4 is 40.2 Å². The summed E-state index contributed by atoms with van der Waals surface area (Å²) in [6.07, 6.45) is 1.18. The normalized spacial score (nSPS) is 16.2. The molecule has 1 amide bonds. The fourth-order valence-corrected chi connectivity index (χ4v) is 3.66. The Kier molecular flexibility index (Phi) is 7.13. The van der Waals surface area contributed by atoms with Crippen molar-refractivity contribution in [3.05, 3.63) is 59.5 Å². The van der Waals surface area contributed by atoms with Crippen LogP contribution in [0.15, 0.2) is 64.5 Å². The van der Waals surface area contributed by atoms with E-state index in [2.05, 4.69) is 9.73 Å². The number of methoxy groups -OCH3 is 1. The Morgan fingerprint density at radius 3 is 2.10 bits per heavy atom. The summed E-state index contributed by atoms with van der Waals surface area (Å²) < 4.78 is 15.6. The van der Waals surface area contributed by atoms with Crippen LogP contribution in [0.4, 0.5) is 11.4 Å². The standard InChI is InChI=1S/C22H22N2O5S/c1-4-28-17-10-6-15(7-11-17)23-22-24(16-8-12-18(13-9-16)29-5-2)21(26)19(30-22)14-20(25)27-3/h6-14H,4-5H2,1-3H3. The predicted molar refractivity (Wildman–Crippen MR) is 117 cm³/mol. The molecule has 156 valence electrons. The first kappa shape index (κ1) is 21.4.